The van der Waals surface area contributed by atoms with Crippen LogP contribution < -0.4 is 10.2 Å². The van der Waals surface area contributed by atoms with E-state index in [1.807, 2.05) is 25.1 Å². The van der Waals surface area contributed by atoms with Gasteiger partial charge in [0.2, 0.25) is 17.8 Å². The van der Waals surface area contributed by atoms with E-state index < -0.39 is 0 Å². The molecule has 3 aromatic rings. The topological polar surface area (TPSA) is 95.8 Å². The average molecular weight is 377 g/mol. The number of piperazine rings is 1. The van der Waals surface area contributed by atoms with Crippen LogP contribution in [0.15, 0.2) is 36.8 Å². The van der Waals surface area contributed by atoms with Gasteiger partial charge in [0, 0.05) is 56.8 Å². The Hall–Kier alpha value is -3.20. The van der Waals surface area contributed by atoms with Crippen LogP contribution >= 0.6 is 0 Å². The Kier molecular flexibility index (Phi) is 5.34. The highest BCUT2D eigenvalue weighted by atomic mass is 15.3. The Balaban J connectivity index is 1.58. The van der Waals surface area contributed by atoms with E-state index in [0.29, 0.717) is 17.8 Å². The van der Waals surface area contributed by atoms with Crippen LogP contribution in [0, 0.1) is 0 Å². The van der Waals surface area contributed by atoms with Gasteiger partial charge in [0.25, 0.3) is 0 Å². The number of hydrogen-bond acceptors (Lipinski definition) is 9. The lowest BCUT2D eigenvalue weighted by Crippen LogP contribution is -2.45. The second kappa shape index (κ2) is 8.22. The third kappa shape index (κ3) is 4.20. The van der Waals surface area contributed by atoms with Gasteiger partial charge in [-0.05, 0) is 25.2 Å². The van der Waals surface area contributed by atoms with Crippen molar-refractivity contribution in [3.05, 3.63) is 42.6 Å². The third-order valence-electron chi connectivity index (χ3n) is 4.63. The lowest BCUT2D eigenvalue weighted by molar-refractivity contribution is 0.311. The summed E-state index contributed by atoms with van der Waals surface area (Å²) in [4.78, 5) is 31.1. The van der Waals surface area contributed by atoms with Crippen molar-refractivity contribution in [2.75, 3.05) is 43.4 Å². The summed E-state index contributed by atoms with van der Waals surface area (Å²) in [6.45, 7) is 5.82. The minimum atomic E-state index is 0.451. The predicted molar refractivity (Wildman–Crippen MR) is 107 cm³/mol. The normalized spacial score (nSPS) is 14.9. The van der Waals surface area contributed by atoms with Crippen molar-refractivity contribution in [3.8, 4) is 11.3 Å². The number of likely N-dealkylation sites (N-methyl/N-ethyl adjacent to an activating group) is 1. The second-order valence-corrected chi connectivity index (χ2v) is 6.65. The molecular weight excluding hydrogens is 354 g/mol. The van der Waals surface area contributed by atoms with E-state index in [4.69, 9.17) is 0 Å². The van der Waals surface area contributed by atoms with Gasteiger partial charge in [-0.2, -0.15) is 15.0 Å². The standard InChI is InChI=1S/C19H23N9/c1-3-16-23-18(26-19(24-16)28-12-10-27(2)11-13-28)25-17-21-9-6-15(22-17)14-4-7-20-8-5-14/h4-9H,3,10-13H2,1-2H3,(H,21,22,23,24,25,26). The summed E-state index contributed by atoms with van der Waals surface area (Å²) in [5, 5.41) is 3.14. The van der Waals surface area contributed by atoms with Crippen LogP contribution in [0.3, 0.4) is 0 Å². The van der Waals surface area contributed by atoms with Crippen LogP contribution in [0.25, 0.3) is 11.3 Å². The summed E-state index contributed by atoms with van der Waals surface area (Å²) < 4.78 is 0. The number of rotatable bonds is 5. The third-order valence-corrected chi connectivity index (χ3v) is 4.63. The van der Waals surface area contributed by atoms with Gasteiger partial charge in [-0.1, -0.05) is 6.92 Å². The molecule has 0 bridgehead atoms. The number of aromatic nitrogens is 6. The average Bonchev–Trinajstić information content (AvgIpc) is 2.75. The molecule has 144 valence electrons. The van der Waals surface area contributed by atoms with Crippen molar-refractivity contribution in [3.63, 3.8) is 0 Å². The van der Waals surface area contributed by atoms with Gasteiger partial charge >= 0.3 is 0 Å². The predicted octanol–water partition coefficient (Wildman–Crippen LogP) is 1.78. The Morgan fingerprint density at radius 2 is 1.68 bits per heavy atom. The molecule has 1 aliphatic heterocycles. The molecule has 9 nitrogen and oxygen atoms in total. The fourth-order valence-electron chi connectivity index (χ4n) is 2.97. The van der Waals surface area contributed by atoms with Gasteiger partial charge < -0.3 is 9.80 Å². The van der Waals surface area contributed by atoms with Crippen molar-refractivity contribution in [1.82, 2.24) is 34.8 Å². The van der Waals surface area contributed by atoms with Crippen LogP contribution in [0.5, 0.6) is 0 Å². The van der Waals surface area contributed by atoms with Crippen molar-refractivity contribution in [2.24, 2.45) is 0 Å². The summed E-state index contributed by atoms with van der Waals surface area (Å²) in [6, 6.07) is 5.69. The molecular formula is C19H23N9. The molecule has 1 fully saturated rings. The highest BCUT2D eigenvalue weighted by Gasteiger charge is 2.18. The monoisotopic (exact) mass is 377 g/mol. The zero-order valence-electron chi connectivity index (χ0n) is 16.1. The number of nitrogens with one attached hydrogen (secondary N) is 1. The number of aryl methyl sites for hydroxylation is 1. The first kappa shape index (κ1) is 18.2. The Bertz CT molecular complexity index is 924. The minimum Gasteiger partial charge on any atom is -0.338 e. The molecule has 1 saturated heterocycles. The van der Waals surface area contributed by atoms with E-state index in [1.54, 1.807) is 18.6 Å². The van der Waals surface area contributed by atoms with E-state index in [1.165, 1.54) is 0 Å². The van der Waals surface area contributed by atoms with Crippen LogP contribution in [0.2, 0.25) is 0 Å². The van der Waals surface area contributed by atoms with Crippen LogP contribution in [0.1, 0.15) is 12.7 Å². The Morgan fingerprint density at radius 1 is 0.893 bits per heavy atom. The largest absolute Gasteiger partial charge is 0.338 e. The molecule has 0 atom stereocenters. The highest BCUT2D eigenvalue weighted by Crippen LogP contribution is 2.19. The first-order valence-corrected chi connectivity index (χ1v) is 9.40. The van der Waals surface area contributed by atoms with Crippen molar-refractivity contribution in [2.45, 2.75) is 13.3 Å². The summed E-state index contributed by atoms with van der Waals surface area (Å²) in [7, 11) is 2.13. The number of nitrogens with zero attached hydrogens (tertiary/aromatic N) is 8. The maximum absolute atomic E-state index is 4.61. The summed E-state index contributed by atoms with van der Waals surface area (Å²) in [6.07, 6.45) is 5.93. The molecule has 28 heavy (non-hydrogen) atoms. The smallest absolute Gasteiger partial charge is 0.234 e. The van der Waals surface area contributed by atoms with Gasteiger partial charge in [0.15, 0.2) is 0 Å². The number of anilines is 3. The maximum atomic E-state index is 4.61. The number of hydrogen-bond donors (Lipinski definition) is 1. The summed E-state index contributed by atoms with van der Waals surface area (Å²) >= 11 is 0. The van der Waals surface area contributed by atoms with E-state index in [0.717, 1.165) is 49.7 Å². The highest BCUT2D eigenvalue weighted by molar-refractivity contribution is 5.60. The van der Waals surface area contributed by atoms with Gasteiger partial charge in [0.1, 0.15) is 5.82 Å². The molecule has 3 aromatic heterocycles. The van der Waals surface area contributed by atoms with Crippen molar-refractivity contribution in [1.29, 1.82) is 0 Å². The van der Waals surface area contributed by atoms with Crippen molar-refractivity contribution < 1.29 is 0 Å². The van der Waals surface area contributed by atoms with E-state index in [-0.39, 0.29) is 0 Å². The van der Waals surface area contributed by atoms with E-state index in [2.05, 4.69) is 52.1 Å². The van der Waals surface area contributed by atoms with Crippen molar-refractivity contribution >= 4 is 17.8 Å². The van der Waals surface area contributed by atoms with Crippen LogP contribution in [-0.2, 0) is 6.42 Å². The first-order valence-electron chi connectivity index (χ1n) is 9.40. The second-order valence-electron chi connectivity index (χ2n) is 6.65. The van der Waals surface area contributed by atoms with Gasteiger partial charge in [0.05, 0.1) is 5.69 Å². The van der Waals surface area contributed by atoms with Crippen LogP contribution in [0.4, 0.5) is 17.8 Å². The minimum absolute atomic E-state index is 0.451. The Morgan fingerprint density at radius 3 is 2.43 bits per heavy atom. The van der Waals surface area contributed by atoms with Gasteiger partial charge in [-0.25, -0.2) is 9.97 Å². The fraction of sp³-hybridized carbons (Fsp3) is 0.368. The van der Waals surface area contributed by atoms with Crippen LogP contribution in [-0.4, -0.2) is 68.0 Å². The summed E-state index contributed by atoms with van der Waals surface area (Å²) in [5.41, 5.74) is 1.78. The maximum Gasteiger partial charge on any atom is 0.234 e. The molecule has 0 saturated carbocycles. The zero-order valence-corrected chi connectivity index (χ0v) is 16.1. The van der Waals surface area contributed by atoms with Gasteiger partial charge in [-0.3, -0.25) is 10.3 Å². The lowest BCUT2D eigenvalue weighted by atomic mass is 10.2. The molecule has 4 rings (SSSR count). The molecule has 1 aliphatic rings. The van der Waals surface area contributed by atoms with E-state index in [9.17, 15) is 0 Å². The molecule has 0 aromatic carbocycles. The first-order chi connectivity index (χ1) is 13.7. The Labute approximate surface area is 163 Å². The van der Waals surface area contributed by atoms with E-state index >= 15 is 0 Å². The van der Waals surface area contributed by atoms with Gasteiger partial charge in [-0.15, -0.1) is 0 Å². The summed E-state index contributed by atoms with van der Waals surface area (Å²) in [5.74, 6) is 2.36. The molecule has 4 heterocycles. The zero-order chi connectivity index (χ0) is 19.3. The lowest BCUT2D eigenvalue weighted by Gasteiger charge is -2.32. The number of pyridine rings is 1. The quantitative estimate of drug-likeness (QED) is 0.713. The molecule has 0 aliphatic carbocycles. The molecule has 9 heteroatoms. The molecule has 1 N–H and O–H groups in total. The molecule has 0 spiro atoms. The molecule has 0 amide bonds. The molecule has 0 unspecified atom stereocenters. The SMILES string of the molecule is CCc1nc(Nc2nccc(-c3ccncc3)n2)nc(N2CCN(C)CC2)n1. The molecule has 0 radical (unpaired) electrons. The fourth-order valence-corrected chi connectivity index (χ4v) is 2.97.